The van der Waals surface area contributed by atoms with Crippen molar-refractivity contribution in [1.29, 1.82) is 0 Å². The summed E-state index contributed by atoms with van der Waals surface area (Å²) in [6.07, 6.45) is 1.54. The Kier molecular flexibility index (Phi) is 3.91. The lowest BCUT2D eigenvalue weighted by atomic mass is 10.1. The summed E-state index contributed by atoms with van der Waals surface area (Å²) < 4.78 is 0. The number of para-hydroxylation sites is 1. The molecule has 3 atom stereocenters. The summed E-state index contributed by atoms with van der Waals surface area (Å²) in [6, 6.07) is 7.06. The normalized spacial score (nSPS) is 29.6. The highest BCUT2D eigenvalue weighted by atomic mass is 32.2. The van der Waals surface area contributed by atoms with E-state index in [0.717, 1.165) is 22.8 Å². The molecule has 0 amide bonds. The van der Waals surface area contributed by atoms with E-state index in [1.165, 1.54) is 0 Å². The fourth-order valence-electron chi connectivity index (χ4n) is 3.12. The van der Waals surface area contributed by atoms with Gasteiger partial charge in [-0.15, -0.1) is 11.8 Å². The van der Waals surface area contributed by atoms with Crippen LogP contribution in [0.4, 0.5) is 0 Å². The van der Waals surface area contributed by atoms with E-state index in [-0.39, 0.29) is 17.8 Å². The number of thioether (sulfide) groups is 1. The van der Waals surface area contributed by atoms with Gasteiger partial charge >= 0.3 is 5.97 Å². The smallest absolute Gasteiger partial charge is 0.320 e. The molecule has 5 nitrogen and oxygen atoms in total. The number of likely N-dealkylation sites (tertiary alicyclic amines) is 1. The van der Waals surface area contributed by atoms with Gasteiger partial charge in [-0.05, 0) is 32.0 Å². The first-order valence-corrected chi connectivity index (χ1v) is 8.00. The Labute approximate surface area is 127 Å². The number of carbonyl (C=O) groups is 1. The molecule has 2 aliphatic heterocycles. The minimum absolute atomic E-state index is 0.0963. The third kappa shape index (κ3) is 2.65. The largest absolute Gasteiger partial charge is 0.507 e. The highest BCUT2D eigenvalue weighted by molar-refractivity contribution is 8.14. The van der Waals surface area contributed by atoms with E-state index in [1.807, 2.05) is 24.1 Å². The Morgan fingerprint density at radius 1 is 1.38 bits per heavy atom. The van der Waals surface area contributed by atoms with E-state index in [1.54, 1.807) is 23.9 Å². The van der Waals surface area contributed by atoms with Crippen LogP contribution in [0.1, 0.15) is 18.4 Å². The molecule has 0 bridgehead atoms. The molecule has 0 saturated carbocycles. The second-order valence-electron chi connectivity index (χ2n) is 5.49. The molecule has 112 valence electrons. The van der Waals surface area contributed by atoms with Gasteiger partial charge in [-0.25, -0.2) is 0 Å². The molecule has 1 aromatic carbocycles. The van der Waals surface area contributed by atoms with Gasteiger partial charge in [0.05, 0.1) is 6.04 Å². The van der Waals surface area contributed by atoms with Crippen molar-refractivity contribution >= 4 is 22.8 Å². The van der Waals surface area contributed by atoms with Gasteiger partial charge in [0.1, 0.15) is 16.8 Å². The highest BCUT2D eigenvalue weighted by Crippen LogP contribution is 2.34. The van der Waals surface area contributed by atoms with Crippen LogP contribution in [0, 0.1) is 0 Å². The first kappa shape index (κ1) is 14.4. The number of aliphatic imine (C=N–C) groups is 1. The van der Waals surface area contributed by atoms with Crippen LogP contribution < -0.4 is 0 Å². The van der Waals surface area contributed by atoms with Crippen molar-refractivity contribution < 1.29 is 15.0 Å². The van der Waals surface area contributed by atoms with Gasteiger partial charge in [0, 0.05) is 17.4 Å². The van der Waals surface area contributed by atoms with Crippen molar-refractivity contribution in [2.45, 2.75) is 31.0 Å². The lowest BCUT2D eigenvalue weighted by molar-refractivity contribution is -0.142. The van der Waals surface area contributed by atoms with Gasteiger partial charge in [-0.2, -0.15) is 0 Å². The van der Waals surface area contributed by atoms with Crippen molar-refractivity contribution in [3.63, 3.8) is 0 Å². The second kappa shape index (κ2) is 5.69. The third-order valence-corrected chi connectivity index (χ3v) is 5.40. The van der Waals surface area contributed by atoms with Crippen molar-refractivity contribution in [3.05, 3.63) is 29.8 Å². The average molecular weight is 306 g/mol. The third-order valence-electron chi connectivity index (χ3n) is 4.29. The van der Waals surface area contributed by atoms with Crippen LogP contribution in [0.5, 0.6) is 5.75 Å². The standard InChI is InChI=1S/C15H18N2O3S/c1-17-11(6-7-12(17)15(19)20)10-8-21-14(16-10)9-4-2-3-5-13(9)18/h2-5,10-12,18H,6-8H2,1H3,(H,19,20)/t10-,11?,12?/m1/s1. The maximum absolute atomic E-state index is 11.2. The molecule has 2 unspecified atom stereocenters. The maximum atomic E-state index is 11.2. The van der Waals surface area contributed by atoms with Crippen LogP contribution in [0.25, 0.3) is 0 Å². The molecule has 21 heavy (non-hydrogen) atoms. The number of carboxylic acid groups (broad SMARTS) is 1. The Balaban J connectivity index is 1.78. The van der Waals surface area contributed by atoms with Gasteiger partial charge in [0.2, 0.25) is 0 Å². The fourth-order valence-corrected chi connectivity index (χ4v) is 4.28. The molecule has 0 aliphatic carbocycles. The number of phenols is 1. The van der Waals surface area contributed by atoms with Crippen molar-refractivity contribution in [3.8, 4) is 5.75 Å². The second-order valence-corrected chi connectivity index (χ2v) is 6.50. The Morgan fingerprint density at radius 3 is 2.81 bits per heavy atom. The zero-order valence-corrected chi connectivity index (χ0v) is 12.6. The first-order chi connectivity index (χ1) is 10.1. The lowest BCUT2D eigenvalue weighted by Crippen LogP contribution is -2.42. The maximum Gasteiger partial charge on any atom is 0.320 e. The van der Waals surface area contributed by atoms with E-state index in [4.69, 9.17) is 4.99 Å². The van der Waals surface area contributed by atoms with Gasteiger partial charge in [0.25, 0.3) is 0 Å². The van der Waals surface area contributed by atoms with Gasteiger partial charge in [-0.1, -0.05) is 12.1 Å². The molecular formula is C15H18N2O3S. The monoisotopic (exact) mass is 306 g/mol. The van der Waals surface area contributed by atoms with E-state index < -0.39 is 12.0 Å². The molecule has 0 aromatic heterocycles. The van der Waals surface area contributed by atoms with E-state index in [0.29, 0.717) is 6.42 Å². The number of likely N-dealkylation sites (N-methyl/N-ethyl adjacent to an activating group) is 1. The highest BCUT2D eigenvalue weighted by Gasteiger charge is 2.40. The summed E-state index contributed by atoms with van der Waals surface area (Å²) in [5.74, 6) is 0.327. The number of carboxylic acids is 1. The molecule has 2 aliphatic rings. The van der Waals surface area contributed by atoms with Crippen molar-refractivity contribution in [2.24, 2.45) is 4.99 Å². The predicted molar refractivity (Wildman–Crippen MR) is 83.1 cm³/mol. The quantitative estimate of drug-likeness (QED) is 0.891. The molecule has 3 rings (SSSR count). The molecule has 1 fully saturated rings. The van der Waals surface area contributed by atoms with E-state index in [2.05, 4.69) is 0 Å². The van der Waals surface area contributed by atoms with Crippen LogP contribution in [-0.4, -0.2) is 57.1 Å². The SMILES string of the molecule is CN1C(C(=O)O)CCC1[C@H]1CSC(c2ccccc2O)=N1. The number of hydrogen-bond donors (Lipinski definition) is 2. The molecule has 2 N–H and O–H groups in total. The van der Waals surface area contributed by atoms with Crippen molar-refractivity contribution in [1.82, 2.24) is 4.90 Å². The van der Waals surface area contributed by atoms with Gasteiger partial charge < -0.3 is 10.2 Å². The predicted octanol–water partition coefficient (Wildman–Crippen LogP) is 1.80. The molecule has 0 spiro atoms. The lowest BCUT2D eigenvalue weighted by Gasteiger charge is -2.26. The molecule has 6 heteroatoms. The number of nitrogens with zero attached hydrogens (tertiary/aromatic N) is 2. The first-order valence-electron chi connectivity index (χ1n) is 7.01. The minimum atomic E-state index is -0.754. The topological polar surface area (TPSA) is 73.1 Å². The number of aliphatic carboxylic acids is 1. The molecule has 2 heterocycles. The van der Waals surface area contributed by atoms with Crippen molar-refractivity contribution in [2.75, 3.05) is 12.8 Å². The zero-order valence-electron chi connectivity index (χ0n) is 11.8. The molecule has 1 saturated heterocycles. The molecule has 0 radical (unpaired) electrons. The summed E-state index contributed by atoms with van der Waals surface area (Å²) in [6.45, 7) is 0. The average Bonchev–Trinajstić information content (AvgIpc) is 3.05. The number of phenolic OH excluding ortho intramolecular Hbond substituents is 1. The number of hydrogen-bond acceptors (Lipinski definition) is 5. The molecule has 1 aromatic rings. The fraction of sp³-hybridized carbons (Fsp3) is 0.467. The van der Waals surface area contributed by atoms with Crippen LogP contribution >= 0.6 is 11.8 Å². The Morgan fingerprint density at radius 2 is 2.14 bits per heavy atom. The van der Waals surface area contributed by atoms with Crippen LogP contribution in [0.3, 0.4) is 0 Å². The van der Waals surface area contributed by atoms with Crippen LogP contribution in [0.15, 0.2) is 29.3 Å². The summed E-state index contributed by atoms with van der Waals surface area (Å²) >= 11 is 1.63. The van der Waals surface area contributed by atoms with Gasteiger partial charge in [-0.3, -0.25) is 14.7 Å². The number of benzene rings is 1. The number of aromatic hydroxyl groups is 1. The van der Waals surface area contributed by atoms with E-state index >= 15 is 0 Å². The summed E-state index contributed by atoms with van der Waals surface area (Å²) in [7, 11) is 1.87. The number of rotatable bonds is 3. The molecular weight excluding hydrogens is 288 g/mol. The van der Waals surface area contributed by atoms with E-state index in [9.17, 15) is 15.0 Å². The summed E-state index contributed by atoms with van der Waals surface area (Å²) in [5.41, 5.74) is 0.764. The summed E-state index contributed by atoms with van der Waals surface area (Å²) in [5, 5.41) is 20.0. The summed E-state index contributed by atoms with van der Waals surface area (Å²) in [4.78, 5) is 17.9. The van der Waals surface area contributed by atoms with Crippen LogP contribution in [0.2, 0.25) is 0 Å². The zero-order chi connectivity index (χ0) is 15.0. The Bertz CT molecular complexity index is 590. The minimum Gasteiger partial charge on any atom is -0.507 e. The van der Waals surface area contributed by atoms with Crippen LogP contribution in [-0.2, 0) is 4.79 Å². The van der Waals surface area contributed by atoms with Gasteiger partial charge in [0.15, 0.2) is 0 Å². The Hall–Kier alpha value is -1.53.